The molecule has 0 saturated heterocycles. The molecule has 0 aromatic heterocycles. The minimum atomic E-state index is -4.11. The Morgan fingerprint density at radius 2 is 1.81 bits per heavy atom. The SMILES string of the molecule is Cc1ccc(Oc2cccc(C(N)CS(=O)(=O)O)c2)cc1. The van der Waals surface area contributed by atoms with E-state index in [-0.39, 0.29) is 0 Å². The van der Waals surface area contributed by atoms with Crippen molar-refractivity contribution in [1.82, 2.24) is 0 Å². The second-order valence-corrected chi connectivity index (χ2v) is 6.34. The Hall–Kier alpha value is -1.89. The normalized spacial score (nSPS) is 12.9. The van der Waals surface area contributed by atoms with E-state index in [1.165, 1.54) is 0 Å². The van der Waals surface area contributed by atoms with Crippen LogP contribution in [0.2, 0.25) is 0 Å². The first-order valence-corrected chi connectivity index (χ1v) is 7.99. The average molecular weight is 307 g/mol. The molecule has 2 rings (SSSR count). The van der Waals surface area contributed by atoms with E-state index in [1.807, 2.05) is 31.2 Å². The molecule has 6 heteroatoms. The molecular weight excluding hydrogens is 290 g/mol. The Balaban J connectivity index is 2.15. The second-order valence-electron chi connectivity index (χ2n) is 4.84. The number of ether oxygens (including phenoxy) is 1. The maximum atomic E-state index is 10.9. The molecule has 0 aliphatic rings. The van der Waals surface area contributed by atoms with Gasteiger partial charge in [0, 0.05) is 6.04 Å². The molecule has 1 unspecified atom stereocenters. The fourth-order valence-corrected chi connectivity index (χ4v) is 2.52. The van der Waals surface area contributed by atoms with Crippen LogP contribution < -0.4 is 10.5 Å². The summed E-state index contributed by atoms with van der Waals surface area (Å²) in [5, 5.41) is 0. The van der Waals surface area contributed by atoms with Crippen LogP contribution in [-0.2, 0) is 10.1 Å². The van der Waals surface area contributed by atoms with Gasteiger partial charge in [0.1, 0.15) is 11.5 Å². The molecule has 0 bridgehead atoms. The maximum Gasteiger partial charge on any atom is 0.266 e. The Morgan fingerprint density at radius 3 is 2.43 bits per heavy atom. The van der Waals surface area contributed by atoms with Crippen LogP contribution in [0.3, 0.4) is 0 Å². The zero-order valence-corrected chi connectivity index (χ0v) is 12.4. The van der Waals surface area contributed by atoms with Crippen molar-refractivity contribution in [2.75, 3.05) is 5.75 Å². The molecule has 112 valence electrons. The zero-order chi connectivity index (χ0) is 15.5. The summed E-state index contributed by atoms with van der Waals surface area (Å²) in [6.07, 6.45) is 0. The summed E-state index contributed by atoms with van der Waals surface area (Å²) in [4.78, 5) is 0. The highest BCUT2D eigenvalue weighted by Crippen LogP contribution is 2.24. The Bertz CT molecular complexity index is 711. The molecule has 0 aliphatic carbocycles. The minimum absolute atomic E-state index is 0.527. The second kappa shape index (κ2) is 6.26. The van der Waals surface area contributed by atoms with Crippen molar-refractivity contribution < 1.29 is 17.7 Å². The minimum Gasteiger partial charge on any atom is -0.457 e. The first-order valence-electron chi connectivity index (χ1n) is 6.39. The van der Waals surface area contributed by atoms with Gasteiger partial charge in [-0.25, -0.2) is 0 Å². The van der Waals surface area contributed by atoms with Crippen LogP contribution in [0, 0.1) is 6.92 Å². The van der Waals surface area contributed by atoms with E-state index >= 15 is 0 Å². The van der Waals surface area contributed by atoms with Gasteiger partial charge >= 0.3 is 0 Å². The number of hydrogen-bond donors (Lipinski definition) is 2. The number of nitrogens with two attached hydrogens (primary N) is 1. The molecule has 2 aromatic carbocycles. The number of rotatable bonds is 5. The third-order valence-corrected chi connectivity index (χ3v) is 3.71. The molecule has 0 radical (unpaired) electrons. The lowest BCUT2D eigenvalue weighted by Crippen LogP contribution is -2.21. The molecule has 1 atom stereocenters. The van der Waals surface area contributed by atoms with E-state index in [9.17, 15) is 8.42 Å². The van der Waals surface area contributed by atoms with Crippen LogP contribution in [0.4, 0.5) is 0 Å². The van der Waals surface area contributed by atoms with E-state index in [1.54, 1.807) is 24.3 Å². The molecular formula is C15H17NO4S. The highest BCUT2D eigenvalue weighted by atomic mass is 32.2. The molecule has 3 N–H and O–H groups in total. The molecule has 0 spiro atoms. The van der Waals surface area contributed by atoms with Crippen molar-refractivity contribution in [3.05, 3.63) is 59.7 Å². The van der Waals surface area contributed by atoms with Gasteiger partial charge in [-0.1, -0.05) is 29.8 Å². The highest BCUT2D eigenvalue weighted by molar-refractivity contribution is 7.85. The van der Waals surface area contributed by atoms with Gasteiger partial charge in [0.05, 0.1) is 5.75 Å². The summed E-state index contributed by atoms with van der Waals surface area (Å²) in [5.41, 5.74) is 7.48. The lowest BCUT2D eigenvalue weighted by molar-refractivity contribution is 0.474. The van der Waals surface area contributed by atoms with Gasteiger partial charge < -0.3 is 10.5 Å². The summed E-state index contributed by atoms with van der Waals surface area (Å²) in [6.45, 7) is 1.98. The lowest BCUT2D eigenvalue weighted by atomic mass is 10.1. The Morgan fingerprint density at radius 1 is 1.14 bits per heavy atom. The van der Waals surface area contributed by atoms with Gasteiger partial charge in [0.2, 0.25) is 0 Å². The van der Waals surface area contributed by atoms with Crippen LogP contribution >= 0.6 is 0 Å². The predicted octanol–water partition coefficient (Wildman–Crippen LogP) is 2.67. The van der Waals surface area contributed by atoms with E-state index in [0.29, 0.717) is 17.1 Å². The lowest BCUT2D eigenvalue weighted by Gasteiger charge is -2.12. The van der Waals surface area contributed by atoms with Gasteiger partial charge in [-0.05, 0) is 36.8 Å². The summed E-state index contributed by atoms with van der Waals surface area (Å²) >= 11 is 0. The molecule has 0 saturated carbocycles. The number of aryl methyl sites for hydroxylation is 1. The van der Waals surface area contributed by atoms with Crippen molar-refractivity contribution in [3.63, 3.8) is 0 Å². The molecule has 0 aliphatic heterocycles. The zero-order valence-electron chi connectivity index (χ0n) is 11.6. The number of benzene rings is 2. The molecule has 0 fully saturated rings. The predicted molar refractivity (Wildman–Crippen MR) is 81.0 cm³/mol. The van der Waals surface area contributed by atoms with Crippen molar-refractivity contribution in [3.8, 4) is 11.5 Å². The molecule has 21 heavy (non-hydrogen) atoms. The van der Waals surface area contributed by atoms with E-state index in [4.69, 9.17) is 15.0 Å². The largest absolute Gasteiger partial charge is 0.457 e. The Labute approximate surface area is 124 Å². The number of hydrogen-bond acceptors (Lipinski definition) is 4. The maximum absolute atomic E-state index is 10.9. The van der Waals surface area contributed by atoms with Crippen LogP contribution in [0.25, 0.3) is 0 Å². The van der Waals surface area contributed by atoms with Crippen LogP contribution in [0.15, 0.2) is 48.5 Å². The van der Waals surface area contributed by atoms with Crippen molar-refractivity contribution in [2.24, 2.45) is 5.73 Å². The van der Waals surface area contributed by atoms with Gasteiger partial charge in [0.15, 0.2) is 0 Å². The fourth-order valence-electron chi connectivity index (χ4n) is 1.87. The van der Waals surface area contributed by atoms with Crippen molar-refractivity contribution in [2.45, 2.75) is 13.0 Å². The van der Waals surface area contributed by atoms with Gasteiger partial charge in [-0.15, -0.1) is 0 Å². The quantitative estimate of drug-likeness (QED) is 0.829. The third kappa shape index (κ3) is 4.86. The molecule has 0 heterocycles. The van der Waals surface area contributed by atoms with E-state index in [2.05, 4.69) is 0 Å². The summed E-state index contributed by atoms with van der Waals surface area (Å²) in [6, 6.07) is 13.6. The molecule has 0 amide bonds. The first kappa shape index (κ1) is 15.5. The monoisotopic (exact) mass is 307 g/mol. The molecule has 5 nitrogen and oxygen atoms in total. The molecule has 2 aromatic rings. The van der Waals surface area contributed by atoms with Crippen LogP contribution in [0.5, 0.6) is 11.5 Å². The van der Waals surface area contributed by atoms with Crippen molar-refractivity contribution >= 4 is 10.1 Å². The summed E-state index contributed by atoms with van der Waals surface area (Å²) in [7, 11) is -4.11. The van der Waals surface area contributed by atoms with Crippen LogP contribution in [-0.4, -0.2) is 18.7 Å². The highest BCUT2D eigenvalue weighted by Gasteiger charge is 2.15. The standard InChI is InChI=1S/C15H17NO4S/c1-11-5-7-13(8-6-11)20-14-4-2-3-12(9-14)15(16)10-21(17,18)19/h2-9,15H,10,16H2,1H3,(H,17,18,19). The average Bonchev–Trinajstić information content (AvgIpc) is 2.40. The van der Waals surface area contributed by atoms with E-state index < -0.39 is 21.9 Å². The van der Waals surface area contributed by atoms with Crippen molar-refractivity contribution in [1.29, 1.82) is 0 Å². The first-order chi connectivity index (χ1) is 9.83. The summed E-state index contributed by atoms with van der Waals surface area (Å²) < 4.78 is 36.3. The fraction of sp³-hybridized carbons (Fsp3) is 0.200. The topological polar surface area (TPSA) is 89.6 Å². The van der Waals surface area contributed by atoms with Gasteiger partial charge in [-0.3, -0.25) is 4.55 Å². The Kier molecular flexibility index (Phi) is 4.62. The third-order valence-electron chi connectivity index (χ3n) is 2.93. The van der Waals surface area contributed by atoms with E-state index in [0.717, 1.165) is 5.56 Å². The summed E-state index contributed by atoms with van der Waals surface area (Å²) in [5.74, 6) is 0.712. The van der Waals surface area contributed by atoms with Gasteiger partial charge in [0.25, 0.3) is 10.1 Å². The smallest absolute Gasteiger partial charge is 0.266 e. The van der Waals surface area contributed by atoms with Crippen LogP contribution in [0.1, 0.15) is 17.2 Å². The van der Waals surface area contributed by atoms with Gasteiger partial charge in [-0.2, -0.15) is 8.42 Å².